The molecule has 0 fully saturated rings. The molecule has 0 aromatic heterocycles. The number of hydrogen-bond donors (Lipinski definition) is 3. The average Bonchev–Trinajstić information content (AvgIpc) is 2.70. The molecule has 3 aromatic rings. The highest BCUT2D eigenvalue weighted by Gasteiger charge is 2.06. The van der Waals surface area contributed by atoms with Crippen molar-refractivity contribution in [2.24, 2.45) is 0 Å². The summed E-state index contributed by atoms with van der Waals surface area (Å²) in [6, 6.07) is 26.1. The highest BCUT2D eigenvalue weighted by Crippen LogP contribution is 2.16. The van der Waals surface area contributed by atoms with Gasteiger partial charge in [-0.15, -0.1) is 0 Å². The second-order valence-electron chi connectivity index (χ2n) is 6.41. The fraction of sp³-hybridized carbons (Fsp3) is 0.130. The minimum absolute atomic E-state index is 0.0400. The number of para-hydroxylation sites is 1. The number of rotatable bonds is 7. The molecule has 0 heterocycles. The Morgan fingerprint density at radius 3 is 1.93 bits per heavy atom. The summed E-state index contributed by atoms with van der Waals surface area (Å²) >= 11 is 0. The topological polar surface area (TPSA) is 70.2 Å². The molecule has 3 amide bonds. The van der Waals surface area contributed by atoms with Crippen LogP contribution < -0.4 is 16.0 Å². The minimum Gasteiger partial charge on any atom is -0.326 e. The number of aryl methyl sites for hydroxylation is 1. The molecule has 0 spiro atoms. The molecule has 0 radical (unpaired) electrons. The van der Waals surface area contributed by atoms with E-state index in [0.29, 0.717) is 23.5 Å². The number of carbonyl (C=O) groups is 2. The first-order valence-electron chi connectivity index (χ1n) is 9.26. The van der Waals surface area contributed by atoms with Gasteiger partial charge in [-0.25, -0.2) is 4.79 Å². The molecule has 3 rings (SSSR count). The van der Waals surface area contributed by atoms with Crippen molar-refractivity contribution in [2.75, 3.05) is 16.0 Å². The summed E-state index contributed by atoms with van der Waals surface area (Å²) in [6.45, 7) is 0. The van der Waals surface area contributed by atoms with Gasteiger partial charge >= 0.3 is 6.03 Å². The molecular weight excluding hydrogens is 350 g/mol. The van der Waals surface area contributed by atoms with E-state index in [1.807, 2.05) is 48.5 Å². The summed E-state index contributed by atoms with van der Waals surface area (Å²) in [5.41, 5.74) is 3.20. The van der Waals surface area contributed by atoms with Gasteiger partial charge in [-0.3, -0.25) is 4.79 Å². The lowest BCUT2D eigenvalue weighted by Crippen LogP contribution is -2.19. The van der Waals surface area contributed by atoms with Gasteiger partial charge in [0.2, 0.25) is 5.91 Å². The van der Waals surface area contributed by atoms with Crippen LogP contribution in [0, 0.1) is 0 Å². The highest BCUT2D eigenvalue weighted by atomic mass is 16.2. The monoisotopic (exact) mass is 373 g/mol. The summed E-state index contributed by atoms with van der Waals surface area (Å²) < 4.78 is 0. The van der Waals surface area contributed by atoms with Crippen molar-refractivity contribution < 1.29 is 9.59 Å². The number of urea groups is 1. The molecule has 0 saturated carbocycles. The van der Waals surface area contributed by atoms with Gasteiger partial charge in [0, 0.05) is 23.5 Å². The van der Waals surface area contributed by atoms with Crippen molar-refractivity contribution in [1.82, 2.24) is 0 Å². The van der Waals surface area contributed by atoms with Crippen LogP contribution in [-0.2, 0) is 11.2 Å². The second-order valence-corrected chi connectivity index (χ2v) is 6.41. The lowest BCUT2D eigenvalue weighted by molar-refractivity contribution is -0.116. The van der Waals surface area contributed by atoms with Gasteiger partial charge in [-0.05, 0) is 48.7 Å². The first kappa shape index (κ1) is 19.2. The van der Waals surface area contributed by atoms with Gasteiger partial charge in [-0.2, -0.15) is 0 Å². The lowest BCUT2D eigenvalue weighted by Gasteiger charge is -2.10. The molecule has 3 aromatic carbocycles. The maximum atomic E-state index is 12.2. The number of carbonyl (C=O) groups excluding carboxylic acids is 2. The van der Waals surface area contributed by atoms with Gasteiger partial charge < -0.3 is 16.0 Å². The Labute approximate surface area is 164 Å². The molecule has 0 bridgehead atoms. The fourth-order valence-electron chi connectivity index (χ4n) is 2.81. The van der Waals surface area contributed by atoms with Crippen molar-refractivity contribution in [3.63, 3.8) is 0 Å². The van der Waals surface area contributed by atoms with Crippen molar-refractivity contribution in [1.29, 1.82) is 0 Å². The Hall–Kier alpha value is -3.60. The molecule has 0 aliphatic rings. The van der Waals surface area contributed by atoms with E-state index in [4.69, 9.17) is 0 Å². The number of benzene rings is 3. The van der Waals surface area contributed by atoms with E-state index < -0.39 is 0 Å². The van der Waals surface area contributed by atoms with Gasteiger partial charge in [-0.1, -0.05) is 54.6 Å². The number of hydrogen-bond acceptors (Lipinski definition) is 2. The largest absolute Gasteiger partial charge is 0.326 e. The third-order valence-corrected chi connectivity index (χ3v) is 4.15. The van der Waals surface area contributed by atoms with E-state index in [2.05, 4.69) is 28.1 Å². The van der Waals surface area contributed by atoms with Crippen LogP contribution in [0.15, 0.2) is 84.9 Å². The molecular formula is C23H23N3O2. The van der Waals surface area contributed by atoms with Crippen LogP contribution in [0.5, 0.6) is 0 Å². The molecule has 28 heavy (non-hydrogen) atoms. The summed E-state index contributed by atoms with van der Waals surface area (Å²) in [5, 5.41) is 8.40. The Morgan fingerprint density at radius 1 is 0.643 bits per heavy atom. The summed E-state index contributed by atoms with van der Waals surface area (Å²) in [6.07, 6.45) is 2.10. The predicted molar refractivity (Wildman–Crippen MR) is 114 cm³/mol. The van der Waals surface area contributed by atoms with Crippen LogP contribution in [0.25, 0.3) is 0 Å². The smallest absolute Gasteiger partial charge is 0.323 e. The van der Waals surface area contributed by atoms with Gasteiger partial charge in [0.05, 0.1) is 0 Å². The Bertz CT molecular complexity index is 911. The molecule has 142 valence electrons. The van der Waals surface area contributed by atoms with Crippen LogP contribution in [0.1, 0.15) is 18.4 Å². The molecule has 0 saturated heterocycles. The van der Waals surface area contributed by atoms with Crippen LogP contribution in [0.4, 0.5) is 21.9 Å². The number of nitrogens with one attached hydrogen (secondary N) is 3. The standard InChI is InChI=1S/C23H23N3O2/c27-22(16-7-11-18-9-3-1-4-10-18)24-20-14-8-15-21(17-20)26-23(28)25-19-12-5-2-6-13-19/h1-6,8-10,12-15,17H,7,11,16H2,(H,24,27)(H2,25,26,28). The molecule has 3 N–H and O–H groups in total. The third-order valence-electron chi connectivity index (χ3n) is 4.15. The van der Waals surface area contributed by atoms with Crippen molar-refractivity contribution in [3.05, 3.63) is 90.5 Å². The van der Waals surface area contributed by atoms with Crippen molar-refractivity contribution in [3.8, 4) is 0 Å². The van der Waals surface area contributed by atoms with Crippen LogP contribution in [-0.4, -0.2) is 11.9 Å². The molecule has 5 heteroatoms. The van der Waals surface area contributed by atoms with Crippen LogP contribution in [0.2, 0.25) is 0 Å². The zero-order chi connectivity index (χ0) is 19.6. The summed E-state index contributed by atoms with van der Waals surface area (Å²) in [7, 11) is 0. The lowest BCUT2D eigenvalue weighted by atomic mass is 10.1. The minimum atomic E-state index is -0.336. The number of amides is 3. The zero-order valence-electron chi connectivity index (χ0n) is 15.5. The van der Waals surface area contributed by atoms with Crippen LogP contribution in [0.3, 0.4) is 0 Å². The normalized spacial score (nSPS) is 10.1. The van der Waals surface area contributed by atoms with Gasteiger partial charge in [0.1, 0.15) is 0 Å². The average molecular weight is 373 g/mol. The molecule has 0 unspecified atom stereocenters. The summed E-state index contributed by atoms with van der Waals surface area (Å²) in [4.78, 5) is 24.2. The zero-order valence-corrected chi connectivity index (χ0v) is 15.5. The Balaban J connectivity index is 1.47. The van der Waals surface area contributed by atoms with E-state index >= 15 is 0 Å². The summed E-state index contributed by atoms with van der Waals surface area (Å²) in [5.74, 6) is -0.0400. The fourth-order valence-corrected chi connectivity index (χ4v) is 2.81. The van der Waals surface area contributed by atoms with Gasteiger partial charge in [0.25, 0.3) is 0 Å². The maximum absolute atomic E-state index is 12.2. The molecule has 5 nitrogen and oxygen atoms in total. The van der Waals surface area contributed by atoms with Crippen molar-refractivity contribution >= 4 is 29.0 Å². The van der Waals surface area contributed by atoms with E-state index in [-0.39, 0.29) is 11.9 Å². The second kappa shape index (κ2) is 9.92. The van der Waals surface area contributed by atoms with Gasteiger partial charge in [0.15, 0.2) is 0 Å². The SMILES string of the molecule is O=C(CCCc1ccccc1)Nc1cccc(NC(=O)Nc2ccccc2)c1. The van der Waals surface area contributed by atoms with Crippen molar-refractivity contribution in [2.45, 2.75) is 19.3 Å². The van der Waals surface area contributed by atoms with Crippen LogP contribution >= 0.6 is 0 Å². The van der Waals surface area contributed by atoms with E-state index in [1.165, 1.54) is 5.56 Å². The third kappa shape index (κ3) is 6.29. The predicted octanol–water partition coefficient (Wildman–Crippen LogP) is 5.29. The molecule has 0 atom stereocenters. The maximum Gasteiger partial charge on any atom is 0.323 e. The van der Waals surface area contributed by atoms with E-state index in [1.54, 1.807) is 24.3 Å². The van der Waals surface area contributed by atoms with E-state index in [0.717, 1.165) is 12.8 Å². The first-order chi connectivity index (χ1) is 13.7. The van der Waals surface area contributed by atoms with E-state index in [9.17, 15) is 9.59 Å². The first-order valence-corrected chi connectivity index (χ1v) is 9.26. The Kier molecular flexibility index (Phi) is 6.79. The molecule has 0 aliphatic heterocycles. The number of anilines is 3. The molecule has 0 aliphatic carbocycles. The highest BCUT2D eigenvalue weighted by molar-refractivity contribution is 6.00. The quantitative estimate of drug-likeness (QED) is 0.526. The Morgan fingerprint density at radius 2 is 1.21 bits per heavy atom.